The van der Waals surface area contributed by atoms with Gasteiger partial charge in [0, 0.05) is 31.5 Å². The Kier molecular flexibility index (Phi) is 4.26. The minimum atomic E-state index is -1.04. The van der Waals surface area contributed by atoms with Gasteiger partial charge in [-0.1, -0.05) is 30.2 Å². The van der Waals surface area contributed by atoms with Gasteiger partial charge in [-0.25, -0.2) is 4.99 Å². The van der Waals surface area contributed by atoms with Crippen LogP contribution in [0.2, 0.25) is 0 Å². The van der Waals surface area contributed by atoms with Crippen LogP contribution in [0.4, 0.5) is 0 Å². The second-order valence-electron chi connectivity index (χ2n) is 7.08. The lowest BCUT2D eigenvalue weighted by atomic mass is 9.92. The molecule has 1 saturated heterocycles. The van der Waals surface area contributed by atoms with Crippen molar-refractivity contribution in [2.24, 2.45) is 10.9 Å². The van der Waals surface area contributed by atoms with Crippen molar-refractivity contribution in [1.29, 1.82) is 0 Å². The van der Waals surface area contributed by atoms with Crippen molar-refractivity contribution < 1.29 is 5.11 Å². The highest BCUT2D eigenvalue weighted by atomic mass is 16.3. The Labute approximate surface area is 134 Å². The molecule has 2 aliphatic rings. The summed E-state index contributed by atoms with van der Waals surface area (Å²) in [7, 11) is 2.11. The van der Waals surface area contributed by atoms with Crippen molar-refractivity contribution in [3.05, 3.63) is 34.9 Å². The van der Waals surface area contributed by atoms with E-state index in [1.807, 2.05) is 0 Å². The van der Waals surface area contributed by atoms with Gasteiger partial charge in [-0.2, -0.15) is 0 Å². The molecule has 1 heterocycles. The molecule has 1 unspecified atom stereocenters. The summed E-state index contributed by atoms with van der Waals surface area (Å²) in [5.74, 6) is 1.35. The first-order valence-corrected chi connectivity index (χ1v) is 8.60. The van der Waals surface area contributed by atoms with Gasteiger partial charge in [0.1, 0.15) is 5.84 Å². The lowest BCUT2D eigenvalue weighted by Gasteiger charge is -2.30. The van der Waals surface area contributed by atoms with E-state index in [0.717, 1.165) is 42.8 Å². The van der Waals surface area contributed by atoms with Crippen molar-refractivity contribution in [3.63, 3.8) is 0 Å². The zero-order chi connectivity index (χ0) is 15.7. The molecule has 0 bridgehead atoms. The van der Waals surface area contributed by atoms with Crippen LogP contribution in [-0.4, -0.2) is 29.4 Å². The SMILES string of the molecule is Cc1ccc(C(O)(N=C2CCCCCN2C)C2CC2)c(C)c1. The molecule has 3 heteroatoms. The summed E-state index contributed by atoms with van der Waals surface area (Å²) in [5.41, 5.74) is 2.34. The Morgan fingerprint density at radius 3 is 2.64 bits per heavy atom. The van der Waals surface area contributed by atoms with Crippen molar-refractivity contribution in [3.8, 4) is 0 Å². The largest absolute Gasteiger partial charge is 0.365 e. The summed E-state index contributed by atoms with van der Waals surface area (Å²) >= 11 is 0. The molecule has 22 heavy (non-hydrogen) atoms. The number of benzene rings is 1. The lowest BCUT2D eigenvalue weighted by molar-refractivity contribution is 0.0205. The second-order valence-corrected chi connectivity index (χ2v) is 7.08. The number of likely N-dealkylation sites (tertiary alicyclic amines) is 1. The van der Waals surface area contributed by atoms with Gasteiger partial charge in [0.25, 0.3) is 0 Å². The molecule has 2 fully saturated rings. The number of aliphatic imine (C=N–C) groups is 1. The summed E-state index contributed by atoms with van der Waals surface area (Å²) in [6.45, 7) is 5.23. The van der Waals surface area contributed by atoms with E-state index >= 15 is 0 Å². The van der Waals surface area contributed by atoms with E-state index in [-0.39, 0.29) is 5.92 Å². The predicted octanol–water partition coefficient (Wildman–Crippen LogP) is 3.76. The maximum atomic E-state index is 11.4. The number of aryl methyl sites for hydroxylation is 2. The molecule has 1 aliphatic carbocycles. The van der Waals surface area contributed by atoms with Crippen LogP contribution in [0, 0.1) is 19.8 Å². The minimum absolute atomic E-state index is 0.276. The number of rotatable bonds is 3. The Balaban J connectivity index is 2.00. The molecule has 0 amide bonds. The van der Waals surface area contributed by atoms with E-state index in [1.54, 1.807) is 0 Å². The lowest BCUT2D eigenvalue weighted by Crippen LogP contribution is -2.34. The Hall–Kier alpha value is -1.35. The Morgan fingerprint density at radius 2 is 1.95 bits per heavy atom. The highest BCUT2D eigenvalue weighted by molar-refractivity contribution is 5.82. The zero-order valence-corrected chi connectivity index (χ0v) is 14.1. The van der Waals surface area contributed by atoms with Gasteiger partial charge in [-0.05, 0) is 45.1 Å². The first kappa shape index (κ1) is 15.5. The van der Waals surface area contributed by atoms with Crippen LogP contribution >= 0.6 is 0 Å². The van der Waals surface area contributed by atoms with E-state index in [2.05, 4.69) is 44.0 Å². The van der Waals surface area contributed by atoms with Crippen LogP contribution in [-0.2, 0) is 5.72 Å². The van der Waals surface area contributed by atoms with Crippen molar-refractivity contribution >= 4 is 5.84 Å². The normalized spacial score (nSPS) is 24.2. The summed E-state index contributed by atoms with van der Waals surface area (Å²) in [6.07, 6.45) is 6.79. The fraction of sp³-hybridized carbons (Fsp3) is 0.632. The van der Waals surface area contributed by atoms with Gasteiger partial charge in [-0.15, -0.1) is 0 Å². The zero-order valence-electron chi connectivity index (χ0n) is 14.1. The number of hydrogen-bond acceptors (Lipinski definition) is 2. The molecule has 1 aliphatic heterocycles. The Bertz CT molecular complexity index is 577. The summed E-state index contributed by atoms with van der Waals surface area (Å²) < 4.78 is 0. The number of amidine groups is 1. The predicted molar refractivity (Wildman–Crippen MR) is 91.1 cm³/mol. The molecule has 0 radical (unpaired) electrons. The maximum Gasteiger partial charge on any atom is 0.187 e. The number of hydrogen-bond donors (Lipinski definition) is 1. The number of aliphatic hydroxyl groups is 1. The highest BCUT2D eigenvalue weighted by Crippen LogP contribution is 2.48. The molecule has 1 aromatic rings. The third-order valence-electron chi connectivity index (χ3n) is 5.06. The van der Waals surface area contributed by atoms with Crippen molar-refractivity contribution in [2.45, 2.75) is 58.1 Å². The third kappa shape index (κ3) is 3.05. The van der Waals surface area contributed by atoms with Gasteiger partial charge in [0.2, 0.25) is 0 Å². The molecule has 120 valence electrons. The van der Waals surface area contributed by atoms with Gasteiger partial charge in [0.15, 0.2) is 5.72 Å². The van der Waals surface area contributed by atoms with Crippen molar-refractivity contribution in [1.82, 2.24) is 4.90 Å². The molecule has 1 atom stereocenters. The summed E-state index contributed by atoms with van der Waals surface area (Å²) in [6, 6.07) is 6.32. The average molecular weight is 300 g/mol. The smallest absolute Gasteiger partial charge is 0.187 e. The fourth-order valence-corrected chi connectivity index (χ4v) is 3.55. The van der Waals surface area contributed by atoms with E-state index < -0.39 is 5.72 Å². The quantitative estimate of drug-likeness (QED) is 0.922. The second kappa shape index (κ2) is 6.04. The average Bonchev–Trinajstić information content (AvgIpc) is 3.29. The monoisotopic (exact) mass is 300 g/mol. The molecule has 0 aromatic heterocycles. The van der Waals surface area contributed by atoms with Gasteiger partial charge >= 0.3 is 0 Å². The van der Waals surface area contributed by atoms with E-state index in [1.165, 1.54) is 24.8 Å². The number of nitrogens with zero attached hydrogens (tertiary/aromatic N) is 2. The molecule has 1 N–H and O–H groups in total. The highest BCUT2D eigenvalue weighted by Gasteiger charge is 2.46. The third-order valence-corrected chi connectivity index (χ3v) is 5.06. The minimum Gasteiger partial charge on any atom is -0.365 e. The van der Waals surface area contributed by atoms with Crippen LogP contribution in [0.5, 0.6) is 0 Å². The van der Waals surface area contributed by atoms with Gasteiger partial charge < -0.3 is 10.0 Å². The molecule has 0 spiro atoms. The van der Waals surface area contributed by atoms with Crippen LogP contribution in [0.3, 0.4) is 0 Å². The first-order chi connectivity index (χ1) is 10.5. The van der Waals surface area contributed by atoms with Gasteiger partial charge in [0.05, 0.1) is 0 Å². The maximum absolute atomic E-state index is 11.4. The summed E-state index contributed by atoms with van der Waals surface area (Å²) in [5, 5.41) is 11.4. The topological polar surface area (TPSA) is 35.8 Å². The molecular weight excluding hydrogens is 272 g/mol. The van der Waals surface area contributed by atoms with Crippen LogP contribution in [0.1, 0.15) is 55.2 Å². The first-order valence-electron chi connectivity index (χ1n) is 8.60. The van der Waals surface area contributed by atoms with Crippen molar-refractivity contribution in [2.75, 3.05) is 13.6 Å². The summed E-state index contributed by atoms with van der Waals surface area (Å²) in [4.78, 5) is 7.17. The van der Waals surface area contributed by atoms with E-state index in [4.69, 9.17) is 4.99 Å². The molecule has 3 nitrogen and oxygen atoms in total. The molecule has 3 rings (SSSR count). The van der Waals surface area contributed by atoms with E-state index in [9.17, 15) is 5.11 Å². The molecule has 1 aromatic carbocycles. The standard InChI is InChI=1S/C19H28N2O/c1-14-8-11-17(15(2)13-14)19(22,16-9-10-16)20-18-7-5-4-6-12-21(18)3/h8,11,13,16,22H,4-7,9-10,12H2,1-3H3. The van der Waals surface area contributed by atoms with Crippen LogP contribution < -0.4 is 0 Å². The van der Waals surface area contributed by atoms with Gasteiger partial charge in [-0.3, -0.25) is 0 Å². The Morgan fingerprint density at radius 1 is 1.18 bits per heavy atom. The van der Waals surface area contributed by atoms with Crippen LogP contribution in [0.15, 0.2) is 23.2 Å². The van der Waals surface area contributed by atoms with E-state index in [0.29, 0.717) is 0 Å². The van der Waals surface area contributed by atoms with Crippen LogP contribution in [0.25, 0.3) is 0 Å². The molecule has 1 saturated carbocycles. The molecular formula is C19H28N2O. The fourth-order valence-electron chi connectivity index (χ4n) is 3.55.